The van der Waals surface area contributed by atoms with Crippen LogP contribution in [0.5, 0.6) is 0 Å². The van der Waals surface area contributed by atoms with Crippen LogP contribution in [0.1, 0.15) is 46.3 Å². The van der Waals surface area contributed by atoms with E-state index >= 15 is 0 Å². The van der Waals surface area contributed by atoms with Crippen molar-refractivity contribution in [2.45, 2.75) is 45.3 Å². The van der Waals surface area contributed by atoms with E-state index in [1.165, 1.54) is 10.4 Å². The van der Waals surface area contributed by atoms with Gasteiger partial charge in [0.15, 0.2) is 0 Å². The second-order valence-electron chi connectivity index (χ2n) is 5.84. The van der Waals surface area contributed by atoms with Crippen LogP contribution in [0.3, 0.4) is 0 Å². The standard InChI is InChI=1S/C16H24N2O2S.ClH/c1-2-8-18(13-3-6-17-7-4-13)16(19)15-10-12-11-20-9-5-14(12)21-15;/h10,13,17H,2-9,11H2,1H3;1H. The molecule has 0 saturated carbocycles. The van der Waals surface area contributed by atoms with Crippen LogP contribution >= 0.6 is 23.7 Å². The van der Waals surface area contributed by atoms with Gasteiger partial charge >= 0.3 is 0 Å². The molecule has 6 heteroatoms. The Bertz CT molecular complexity index is 477. The molecule has 1 amide bonds. The van der Waals surface area contributed by atoms with Crippen LogP contribution in [0.2, 0.25) is 0 Å². The van der Waals surface area contributed by atoms with Gasteiger partial charge in [-0.05, 0) is 44.0 Å². The number of hydrogen-bond acceptors (Lipinski definition) is 4. The zero-order chi connectivity index (χ0) is 14.7. The lowest BCUT2D eigenvalue weighted by molar-refractivity contribution is 0.0647. The van der Waals surface area contributed by atoms with Gasteiger partial charge in [0.2, 0.25) is 0 Å². The van der Waals surface area contributed by atoms with Gasteiger partial charge in [0.05, 0.1) is 18.1 Å². The second kappa shape index (κ2) is 8.29. The zero-order valence-electron chi connectivity index (χ0n) is 13.1. The summed E-state index contributed by atoms with van der Waals surface area (Å²) < 4.78 is 5.49. The highest BCUT2D eigenvalue weighted by atomic mass is 35.5. The summed E-state index contributed by atoms with van der Waals surface area (Å²) in [4.78, 5) is 17.3. The quantitative estimate of drug-likeness (QED) is 0.913. The summed E-state index contributed by atoms with van der Waals surface area (Å²) in [5, 5.41) is 3.38. The molecule has 1 aromatic heterocycles. The van der Waals surface area contributed by atoms with Gasteiger partial charge in [-0.3, -0.25) is 4.79 Å². The van der Waals surface area contributed by atoms with Crippen LogP contribution in [0.4, 0.5) is 0 Å². The fourth-order valence-electron chi connectivity index (χ4n) is 3.20. The van der Waals surface area contributed by atoms with Crippen molar-refractivity contribution < 1.29 is 9.53 Å². The van der Waals surface area contributed by atoms with Crippen LogP contribution in [-0.2, 0) is 17.8 Å². The maximum Gasteiger partial charge on any atom is 0.264 e. The number of fused-ring (bicyclic) bond motifs is 1. The topological polar surface area (TPSA) is 41.6 Å². The first-order valence-corrected chi connectivity index (χ1v) is 8.82. The lowest BCUT2D eigenvalue weighted by Crippen LogP contribution is -2.46. The normalized spacial score (nSPS) is 18.4. The molecule has 0 atom stereocenters. The maximum absolute atomic E-state index is 12.9. The molecule has 0 bridgehead atoms. The summed E-state index contributed by atoms with van der Waals surface area (Å²) in [5.41, 5.74) is 1.22. The van der Waals surface area contributed by atoms with Crippen LogP contribution in [0.25, 0.3) is 0 Å². The number of thiophene rings is 1. The third kappa shape index (κ3) is 3.82. The van der Waals surface area contributed by atoms with Crippen molar-refractivity contribution in [1.82, 2.24) is 10.2 Å². The van der Waals surface area contributed by atoms with E-state index in [1.54, 1.807) is 11.3 Å². The Morgan fingerprint density at radius 3 is 2.91 bits per heavy atom. The molecule has 0 radical (unpaired) electrons. The van der Waals surface area contributed by atoms with Crippen molar-refractivity contribution in [2.24, 2.45) is 0 Å². The molecule has 3 rings (SSSR count). The Balaban J connectivity index is 0.00000176. The van der Waals surface area contributed by atoms with E-state index in [2.05, 4.69) is 23.2 Å². The third-order valence-corrected chi connectivity index (χ3v) is 5.54. The first-order chi connectivity index (χ1) is 10.3. The Morgan fingerprint density at radius 2 is 2.23 bits per heavy atom. The van der Waals surface area contributed by atoms with E-state index in [1.807, 2.05) is 0 Å². The Morgan fingerprint density at radius 1 is 1.45 bits per heavy atom. The minimum absolute atomic E-state index is 0. The molecular formula is C16H25ClN2O2S. The second-order valence-corrected chi connectivity index (χ2v) is 6.98. The molecule has 0 aromatic carbocycles. The largest absolute Gasteiger partial charge is 0.376 e. The summed E-state index contributed by atoms with van der Waals surface area (Å²) in [5.74, 6) is 0.225. The van der Waals surface area contributed by atoms with E-state index < -0.39 is 0 Å². The van der Waals surface area contributed by atoms with Crippen molar-refractivity contribution in [3.05, 3.63) is 21.4 Å². The predicted molar refractivity (Wildman–Crippen MR) is 92.1 cm³/mol. The van der Waals surface area contributed by atoms with Gasteiger partial charge in [-0.2, -0.15) is 0 Å². The lowest BCUT2D eigenvalue weighted by Gasteiger charge is -2.34. The lowest BCUT2D eigenvalue weighted by atomic mass is 10.0. The van der Waals surface area contributed by atoms with Gasteiger partial charge in [-0.15, -0.1) is 23.7 Å². The van der Waals surface area contributed by atoms with Crippen LogP contribution in [0.15, 0.2) is 6.07 Å². The molecule has 0 aliphatic carbocycles. The average molecular weight is 345 g/mol. The minimum atomic E-state index is 0. The van der Waals surface area contributed by atoms with Gasteiger partial charge in [-0.1, -0.05) is 6.92 Å². The van der Waals surface area contributed by atoms with Gasteiger partial charge in [0.25, 0.3) is 5.91 Å². The number of rotatable bonds is 4. The number of nitrogens with one attached hydrogen (secondary N) is 1. The summed E-state index contributed by atoms with van der Waals surface area (Å²) in [6.07, 6.45) is 4.11. The van der Waals surface area contributed by atoms with Crippen LogP contribution < -0.4 is 5.32 Å². The highest BCUT2D eigenvalue weighted by molar-refractivity contribution is 7.14. The number of ether oxygens (including phenoxy) is 1. The maximum atomic E-state index is 12.9. The Kier molecular flexibility index (Phi) is 6.68. The molecular weight excluding hydrogens is 320 g/mol. The van der Waals surface area contributed by atoms with Crippen LogP contribution in [0, 0.1) is 0 Å². The number of halogens is 1. The minimum Gasteiger partial charge on any atom is -0.376 e. The number of hydrogen-bond donors (Lipinski definition) is 1. The Hall–Kier alpha value is -0.620. The highest BCUT2D eigenvalue weighted by Crippen LogP contribution is 2.29. The molecule has 2 aliphatic heterocycles. The molecule has 0 spiro atoms. The van der Waals surface area contributed by atoms with Crippen molar-refractivity contribution >= 4 is 29.7 Å². The number of carbonyl (C=O) groups excluding carboxylic acids is 1. The van der Waals surface area contributed by atoms with Gasteiger partial charge < -0.3 is 15.0 Å². The molecule has 4 nitrogen and oxygen atoms in total. The van der Waals surface area contributed by atoms with Crippen LogP contribution in [-0.4, -0.2) is 43.1 Å². The molecule has 22 heavy (non-hydrogen) atoms. The van der Waals surface area contributed by atoms with Crippen molar-refractivity contribution in [1.29, 1.82) is 0 Å². The molecule has 1 aromatic rings. The monoisotopic (exact) mass is 344 g/mol. The number of carbonyl (C=O) groups is 1. The highest BCUT2D eigenvalue weighted by Gasteiger charge is 2.27. The number of amides is 1. The summed E-state index contributed by atoms with van der Waals surface area (Å²) in [7, 11) is 0. The SMILES string of the molecule is CCCN(C(=O)c1cc2c(s1)CCOC2)C1CCNCC1.Cl. The van der Waals surface area contributed by atoms with Gasteiger partial charge in [0, 0.05) is 23.9 Å². The molecule has 124 valence electrons. The Labute approximate surface area is 142 Å². The van der Waals surface area contributed by atoms with E-state index in [0.29, 0.717) is 12.6 Å². The number of nitrogens with zero attached hydrogens (tertiary/aromatic N) is 1. The predicted octanol–water partition coefficient (Wildman–Crippen LogP) is 2.85. The fourth-order valence-corrected chi connectivity index (χ4v) is 4.31. The van der Waals surface area contributed by atoms with Crippen molar-refractivity contribution in [3.63, 3.8) is 0 Å². The zero-order valence-corrected chi connectivity index (χ0v) is 14.7. The van der Waals surface area contributed by atoms with E-state index in [4.69, 9.17) is 4.74 Å². The summed E-state index contributed by atoms with van der Waals surface area (Å²) in [6, 6.07) is 2.46. The van der Waals surface area contributed by atoms with E-state index in [-0.39, 0.29) is 18.3 Å². The van der Waals surface area contributed by atoms with Crippen molar-refractivity contribution in [2.75, 3.05) is 26.2 Å². The van der Waals surface area contributed by atoms with Gasteiger partial charge in [-0.25, -0.2) is 0 Å². The average Bonchev–Trinajstić information content (AvgIpc) is 2.97. The fraction of sp³-hybridized carbons (Fsp3) is 0.688. The first-order valence-electron chi connectivity index (χ1n) is 8.00. The molecule has 2 aliphatic rings. The molecule has 3 heterocycles. The van der Waals surface area contributed by atoms with Gasteiger partial charge in [0.1, 0.15) is 0 Å². The number of piperidine rings is 1. The molecule has 1 fully saturated rings. The third-order valence-electron chi connectivity index (χ3n) is 4.31. The molecule has 1 saturated heterocycles. The van der Waals surface area contributed by atoms with E-state index in [9.17, 15) is 4.79 Å². The molecule has 0 unspecified atom stereocenters. The summed E-state index contributed by atoms with van der Waals surface area (Å²) >= 11 is 1.67. The first kappa shape index (κ1) is 17.7. The van der Waals surface area contributed by atoms with E-state index in [0.717, 1.165) is 56.8 Å². The smallest absolute Gasteiger partial charge is 0.264 e. The summed E-state index contributed by atoms with van der Waals surface area (Å²) in [6.45, 7) is 6.51. The van der Waals surface area contributed by atoms with Crippen molar-refractivity contribution in [3.8, 4) is 0 Å². The molecule has 1 N–H and O–H groups in total.